The Morgan fingerprint density at radius 2 is 1.91 bits per heavy atom. The molecule has 0 radical (unpaired) electrons. The third-order valence-corrected chi connectivity index (χ3v) is 5.82. The van der Waals surface area contributed by atoms with Crippen LogP contribution >= 0.6 is 12.2 Å². The minimum atomic E-state index is 0.506. The fraction of sp³-hybridized carbons (Fsp3) is 0.381. The Morgan fingerprint density at radius 1 is 1.13 bits per heavy atom. The monoisotopic (exact) mass is 321 g/mol. The molecule has 23 heavy (non-hydrogen) atoms. The summed E-state index contributed by atoms with van der Waals surface area (Å²) in [6.07, 6.45) is 15.4. The van der Waals surface area contributed by atoms with Crippen LogP contribution in [0.4, 0.5) is 0 Å². The fourth-order valence-corrected chi connectivity index (χ4v) is 4.30. The average molecular weight is 321 g/mol. The first kappa shape index (κ1) is 14.9. The van der Waals surface area contributed by atoms with Crippen LogP contribution in [0.1, 0.15) is 55.1 Å². The van der Waals surface area contributed by atoms with Crippen molar-refractivity contribution in [1.29, 1.82) is 0 Å². The van der Waals surface area contributed by atoms with Gasteiger partial charge in [0.1, 0.15) is 0 Å². The lowest BCUT2D eigenvalue weighted by molar-refractivity contribution is 0.723. The molecule has 0 aliphatic heterocycles. The number of aryl methyl sites for hydroxylation is 1. The number of nitrogens with zero attached hydrogens (tertiary/aromatic N) is 1. The van der Waals surface area contributed by atoms with Crippen molar-refractivity contribution in [2.45, 2.75) is 43.9 Å². The molecular formula is C21H23NS. The van der Waals surface area contributed by atoms with Crippen LogP contribution in [0.25, 0.3) is 11.1 Å². The van der Waals surface area contributed by atoms with Crippen LogP contribution in [0.3, 0.4) is 0 Å². The van der Waals surface area contributed by atoms with Gasteiger partial charge in [0.05, 0.1) is 4.51 Å². The number of benzene rings is 1. The molecule has 1 fully saturated rings. The smallest absolute Gasteiger partial charge is 0.0522 e. The zero-order chi connectivity index (χ0) is 15.8. The molecule has 1 nitrogen and oxygen atoms in total. The van der Waals surface area contributed by atoms with Crippen molar-refractivity contribution in [2.24, 2.45) is 7.05 Å². The largest absolute Gasteiger partial charge is 0.356 e. The van der Waals surface area contributed by atoms with Crippen LogP contribution in [0.2, 0.25) is 0 Å². The number of allylic oxidation sites excluding steroid dienone is 2. The minimum Gasteiger partial charge on any atom is -0.356 e. The molecule has 0 saturated heterocycles. The summed E-state index contributed by atoms with van der Waals surface area (Å²) in [5, 5.41) is 0. The molecule has 118 valence electrons. The van der Waals surface area contributed by atoms with Crippen molar-refractivity contribution < 1.29 is 0 Å². The van der Waals surface area contributed by atoms with E-state index in [1.807, 2.05) is 0 Å². The molecular weight excluding hydrogens is 298 g/mol. The predicted molar refractivity (Wildman–Crippen MR) is 99.4 cm³/mol. The standard InChI is InChI=1S/C21H23NS/c1-22-13-19(16-8-4-9-16)21(23)20(14-22)18-11-5-10-17(12-18)15-6-2-3-7-15/h4-5,8,10-16H,2-3,6-7,9H2,1H3. The molecule has 2 aliphatic rings. The van der Waals surface area contributed by atoms with Crippen molar-refractivity contribution in [3.05, 3.63) is 64.4 Å². The summed E-state index contributed by atoms with van der Waals surface area (Å²) in [4.78, 5) is 0. The van der Waals surface area contributed by atoms with E-state index >= 15 is 0 Å². The summed E-state index contributed by atoms with van der Waals surface area (Å²) in [6.45, 7) is 0. The van der Waals surface area contributed by atoms with Gasteiger partial charge in [-0.25, -0.2) is 0 Å². The third-order valence-electron chi connectivity index (χ3n) is 5.36. The molecule has 2 aromatic rings. The van der Waals surface area contributed by atoms with Crippen molar-refractivity contribution in [2.75, 3.05) is 0 Å². The maximum Gasteiger partial charge on any atom is 0.0522 e. The first-order chi connectivity index (χ1) is 11.2. The van der Waals surface area contributed by atoms with E-state index in [4.69, 9.17) is 12.2 Å². The van der Waals surface area contributed by atoms with E-state index in [9.17, 15) is 0 Å². The van der Waals surface area contributed by atoms with Gasteiger partial charge in [-0.3, -0.25) is 0 Å². The summed E-state index contributed by atoms with van der Waals surface area (Å²) < 4.78 is 3.19. The lowest BCUT2D eigenvalue weighted by Crippen LogP contribution is -2.06. The van der Waals surface area contributed by atoms with Gasteiger partial charge in [0.2, 0.25) is 0 Å². The molecule has 1 unspecified atom stereocenters. The lowest BCUT2D eigenvalue weighted by atomic mass is 9.87. The fourth-order valence-electron chi connectivity index (χ4n) is 3.92. The lowest BCUT2D eigenvalue weighted by Gasteiger charge is -2.21. The van der Waals surface area contributed by atoms with Crippen molar-refractivity contribution in [3.63, 3.8) is 0 Å². The van der Waals surface area contributed by atoms with Gasteiger partial charge in [0.15, 0.2) is 0 Å². The van der Waals surface area contributed by atoms with Crippen molar-refractivity contribution in [3.8, 4) is 11.1 Å². The van der Waals surface area contributed by atoms with Crippen LogP contribution in [0.15, 0.2) is 48.8 Å². The zero-order valence-corrected chi connectivity index (χ0v) is 14.5. The van der Waals surface area contributed by atoms with Gasteiger partial charge in [-0.15, -0.1) is 0 Å². The summed E-state index contributed by atoms with van der Waals surface area (Å²) in [6, 6.07) is 9.08. The molecule has 4 rings (SSSR count). The van der Waals surface area contributed by atoms with Gasteiger partial charge < -0.3 is 4.57 Å². The predicted octanol–water partition coefficient (Wildman–Crippen LogP) is 6.12. The summed E-state index contributed by atoms with van der Waals surface area (Å²) in [7, 11) is 2.10. The van der Waals surface area contributed by atoms with E-state index in [1.54, 1.807) is 0 Å². The first-order valence-corrected chi connectivity index (χ1v) is 9.10. The highest BCUT2D eigenvalue weighted by atomic mass is 32.1. The SMILES string of the molecule is Cn1cc(-c2cccc(C3CCCC3)c2)c(=S)c(C2C=CC2)c1. The number of pyridine rings is 1. The molecule has 0 N–H and O–H groups in total. The Bertz CT molecular complexity index is 809. The summed E-state index contributed by atoms with van der Waals surface area (Å²) >= 11 is 5.84. The minimum absolute atomic E-state index is 0.506. The van der Waals surface area contributed by atoms with Crippen molar-refractivity contribution in [1.82, 2.24) is 4.57 Å². The molecule has 1 saturated carbocycles. The summed E-state index contributed by atoms with van der Waals surface area (Å²) in [5.74, 6) is 1.25. The molecule has 2 aliphatic carbocycles. The maximum absolute atomic E-state index is 5.84. The highest BCUT2D eigenvalue weighted by Crippen LogP contribution is 2.37. The third kappa shape index (κ3) is 2.81. The molecule has 1 aromatic heterocycles. The molecule has 1 aromatic carbocycles. The van der Waals surface area contributed by atoms with Gasteiger partial charge >= 0.3 is 0 Å². The highest BCUT2D eigenvalue weighted by Gasteiger charge is 2.19. The quantitative estimate of drug-likeness (QED) is 0.487. The molecule has 1 heterocycles. The van der Waals surface area contributed by atoms with Crippen molar-refractivity contribution >= 4 is 12.2 Å². The molecule has 2 heteroatoms. The Morgan fingerprint density at radius 3 is 2.61 bits per heavy atom. The van der Waals surface area contributed by atoms with E-state index in [1.165, 1.54) is 47.9 Å². The first-order valence-electron chi connectivity index (χ1n) is 8.69. The molecule has 0 amide bonds. The Hall–Kier alpha value is -1.67. The molecule has 0 spiro atoms. The van der Waals surface area contributed by atoms with Crippen LogP contribution in [-0.2, 0) is 7.05 Å². The Labute approximate surface area is 143 Å². The summed E-state index contributed by atoms with van der Waals surface area (Å²) in [5.41, 5.74) is 5.28. The maximum atomic E-state index is 5.84. The van der Waals surface area contributed by atoms with Crippen LogP contribution in [-0.4, -0.2) is 4.57 Å². The number of hydrogen-bond donors (Lipinski definition) is 0. The van der Waals surface area contributed by atoms with Crippen LogP contribution < -0.4 is 0 Å². The second-order valence-electron chi connectivity index (χ2n) is 7.00. The Balaban J connectivity index is 1.78. The number of hydrogen-bond acceptors (Lipinski definition) is 1. The Kier molecular flexibility index (Phi) is 3.94. The normalized spacial score (nSPS) is 20.7. The second kappa shape index (κ2) is 6.09. The number of rotatable bonds is 3. The van der Waals surface area contributed by atoms with E-state index < -0.39 is 0 Å². The van der Waals surface area contributed by atoms with Gasteiger partial charge in [-0.2, -0.15) is 0 Å². The zero-order valence-electron chi connectivity index (χ0n) is 13.7. The molecule has 0 bridgehead atoms. The molecule has 1 atom stereocenters. The second-order valence-corrected chi connectivity index (χ2v) is 7.41. The van der Waals surface area contributed by atoms with Crippen LogP contribution in [0, 0.1) is 4.51 Å². The average Bonchev–Trinajstić information content (AvgIpc) is 3.03. The van der Waals surface area contributed by atoms with E-state index in [2.05, 4.69) is 60.4 Å². The van der Waals surface area contributed by atoms with Crippen LogP contribution in [0.5, 0.6) is 0 Å². The van der Waals surface area contributed by atoms with Gasteiger partial charge in [0, 0.05) is 30.9 Å². The number of aromatic nitrogens is 1. The van der Waals surface area contributed by atoms with Gasteiger partial charge in [0.25, 0.3) is 0 Å². The van der Waals surface area contributed by atoms with E-state index in [0.717, 1.165) is 16.8 Å². The van der Waals surface area contributed by atoms with Gasteiger partial charge in [-0.1, -0.05) is 61.5 Å². The highest BCUT2D eigenvalue weighted by molar-refractivity contribution is 7.71. The van der Waals surface area contributed by atoms with E-state index in [0.29, 0.717) is 5.92 Å². The van der Waals surface area contributed by atoms with Gasteiger partial charge in [-0.05, 0) is 41.9 Å². The van der Waals surface area contributed by atoms with E-state index in [-0.39, 0.29) is 0 Å². The topological polar surface area (TPSA) is 4.93 Å².